The van der Waals surface area contributed by atoms with Gasteiger partial charge in [-0.1, -0.05) is 56.3 Å². The highest BCUT2D eigenvalue weighted by Crippen LogP contribution is 2.35. The molecule has 0 radical (unpaired) electrons. The Kier molecular flexibility index (Phi) is 3.84. The van der Waals surface area contributed by atoms with Gasteiger partial charge in [0.2, 0.25) is 0 Å². The minimum absolute atomic E-state index is 0.0273. The van der Waals surface area contributed by atoms with Crippen molar-refractivity contribution in [2.24, 2.45) is 5.92 Å². The Morgan fingerprint density at radius 1 is 1.08 bits per heavy atom. The Hall–Kier alpha value is -2.95. The second kappa shape index (κ2) is 6.16. The zero-order valence-electron chi connectivity index (χ0n) is 14.3. The topological polar surface area (TPSA) is 59.8 Å². The number of aromatic nitrogens is 3. The van der Waals surface area contributed by atoms with E-state index in [1.165, 1.54) is 0 Å². The van der Waals surface area contributed by atoms with Crippen molar-refractivity contribution < 1.29 is 0 Å². The number of hydrogen-bond donors (Lipinski definition) is 1. The third kappa shape index (κ3) is 2.82. The normalized spacial score (nSPS) is 15.4. The van der Waals surface area contributed by atoms with Crippen molar-refractivity contribution in [2.75, 3.05) is 5.32 Å². The van der Waals surface area contributed by atoms with Crippen LogP contribution in [0.15, 0.2) is 59.4 Å². The van der Waals surface area contributed by atoms with E-state index in [-0.39, 0.29) is 11.7 Å². The molecule has 0 bridgehead atoms. The van der Waals surface area contributed by atoms with Crippen molar-refractivity contribution in [3.8, 4) is 22.6 Å². The Balaban J connectivity index is 1.93. The molecule has 5 heteroatoms. The van der Waals surface area contributed by atoms with Crippen LogP contribution < -0.4 is 10.9 Å². The summed E-state index contributed by atoms with van der Waals surface area (Å²) >= 11 is 0. The molecule has 1 aromatic heterocycles. The third-order valence-electron chi connectivity index (χ3n) is 4.36. The molecule has 0 amide bonds. The number of rotatable bonds is 3. The smallest absolute Gasteiger partial charge is 0.300 e. The lowest BCUT2D eigenvalue weighted by Gasteiger charge is -2.31. The van der Waals surface area contributed by atoms with Crippen LogP contribution in [0.5, 0.6) is 0 Å². The van der Waals surface area contributed by atoms with Crippen molar-refractivity contribution in [2.45, 2.75) is 26.4 Å². The molecule has 5 nitrogen and oxygen atoms in total. The van der Waals surface area contributed by atoms with Gasteiger partial charge in [-0.2, -0.15) is 10.1 Å². The lowest BCUT2D eigenvalue weighted by molar-refractivity contribution is 0.398. The zero-order valence-corrected chi connectivity index (χ0v) is 14.3. The van der Waals surface area contributed by atoms with Crippen molar-refractivity contribution in [3.63, 3.8) is 0 Å². The van der Waals surface area contributed by atoms with Gasteiger partial charge in [-0.05, 0) is 24.5 Å². The van der Waals surface area contributed by atoms with Gasteiger partial charge in [0.05, 0.1) is 0 Å². The molecule has 25 heavy (non-hydrogen) atoms. The summed E-state index contributed by atoms with van der Waals surface area (Å²) in [6.07, 6.45) is 0.869. The van der Waals surface area contributed by atoms with E-state index in [0.717, 1.165) is 23.2 Å². The molecule has 0 aliphatic carbocycles. The fourth-order valence-corrected chi connectivity index (χ4v) is 3.23. The first-order valence-electron chi connectivity index (χ1n) is 8.55. The van der Waals surface area contributed by atoms with E-state index in [4.69, 9.17) is 5.10 Å². The van der Waals surface area contributed by atoms with Gasteiger partial charge in [0.25, 0.3) is 5.56 Å². The van der Waals surface area contributed by atoms with E-state index in [9.17, 15) is 4.79 Å². The van der Waals surface area contributed by atoms with Crippen molar-refractivity contribution in [1.82, 2.24) is 14.8 Å². The summed E-state index contributed by atoms with van der Waals surface area (Å²) in [5.74, 6) is 1.11. The maximum atomic E-state index is 12.6. The molecule has 1 N–H and O–H groups in total. The predicted octanol–water partition coefficient (Wildman–Crippen LogP) is 3.94. The molecule has 1 atom stereocenters. The summed E-state index contributed by atoms with van der Waals surface area (Å²) in [5, 5.41) is 8.24. The lowest BCUT2D eigenvalue weighted by Crippen LogP contribution is -2.32. The van der Waals surface area contributed by atoms with Crippen LogP contribution in [0.2, 0.25) is 0 Å². The Morgan fingerprint density at radius 2 is 1.80 bits per heavy atom. The minimum Gasteiger partial charge on any atom is -0.363 e. The summed E-state index contributed by atoms with van der Waals surface area (Å²) < 4.78 is 1.87. The Bertz CT molecular complexity index is 963. The molecule has 4 rings (SSSR count). The van der Waals surface area contributed by atoms with Crippen molar-refractivity contribution in [1.29, 1.82) is 0 Å². The molecule has 2 aromatic carbocycles. The highest BCUT2D eigenvalue weighted by atomic mass is 16.1. The van der Waals surface area contributed by atoms with E-state index in [2.05, 4.69) is 24.1 Å². The van der Waals surface area contributed by atoms with Gasteiger partial charge in [-0.3, -0.25) is 4.79 Å². The lowest BCUT2D eigenvalue weighted by atomic mass is 10.0. The first-order valence-corrected chi connectivity index (χ1v) is 8.55. The predicted molar refractivity (Wildman–Crippen MR) is 99.3 cm³/mol. The van der Waals surface area contributed by atoms with E-state index >= 15 is 0 Å². The number of anilines is 1. The average molecular weight is 332 g/mol. The fourth-order valence-electron chi connectivity index (χ4n) is 3.23. The van der Waals surface area contributed by atoms with Gasteiger partial charge in [0.1, 0.15) is 6.17 Å². The second-order valence-corrected chi connectivity index (χ2v) is 6.74. The first kappa shape index (κ1) is 15.6. The fraction of sp³-hybridized carbons (Fsp3) is 0.250. The molecule has 0 unspecified atom stereocenters. The van der Waals surface area contributed by atoms with Gasteiger partial charge < -0.3 is 5.32 Å². The van der Waals surface area contributed by atoms with Crippen LogP contribution in [-0.2, 0) is 0 Å². The van der Waals surface area contributed by atoms with Crippen LogP contribution in [0.1, 0.15) is 26.4 Å². The van der Waals surface area contributed by atoms with E-state index < -0.39 is 0 Å². The molecule has 2 heterocycles. The Morgan fingerprint density at radius 3 is 2.56 bits per heavy atom. The highest BCUT2D eigenvalue weighted by Gasteiger charge is 2.27. The van der Waals surface area contributed by atoms with Gasteiger partial charge in [0.15, 0.2) is 11.5 Å². The largest absolute Gasteiger partial charge is 0.363 e. The molecular formula is C20H20N4O. The molecule has 0 saturated carbocycles. The number of nitrogens with zero attached hydrogens (tertiary/aromatic N) is 3. The molecule has 1 aliphatic heterocycles. The van der Waals surface area contributed by atoms with Crippen LogP contribution in [0.4, 0.5) is 5.69 Å². The molecule has 3 aromatic rings. The minimum atomic E-state index is -0.294. The SMILES string of the molecule is CC(C)C[C@@H]1Nc2ccccc2-c2nc(=O)c(-c3ccccc3)nn21. The Labute approximate surface area is 146 Å². The van der Waals surface area contributed by atoms with E-state index in [1.807, 2.05) is 59.3 Å². The standard InChI is InChI=1S/C20H20N4O/c1-13(2)12-17-21-16-11-7-6-10-15(16)19-22-20(25)18(23-24(17)19)14-8-4-3-5-9-14/h3-11,13,17,21H,12H2,1-2H3/t17-/m1/s1. The van der Waals surface area contributed by atoms with Gasteiger partial charge in [0, 0.05) is 16.8 Å². The van der Waals surface area contributed by atoms with Crippen LogP contribution in [0.3, 0.4) is 0 Å². The van der Waals surface area contributed by atoms with Crippen LogP contribution >= 0.6 is 0 Å². The van der Waals surface area contributed by atoms with Crippen LogP contribution in [0, 0.1) is 5.92 Å². The number of nitrogens with one attached hydrogen (secondary N) is 1. The van der Waals surface area contributed by atoms with Crippen molar-refractivity contribution >= 4 is 5.69 Å². The summed E-state index contributed by atoms with van der Waals surface area (Å²) in [7, 11) is 0. The molecular weight excluding hydrogens is 312 g/mol. The maximum Gasteiger partial charge on any atom is 0.300 e. The molecule has 0 fully saturated rings. The molecule has 0 saturated heterocycles. The molecule has 0 spiro atoms. The second-order valence-electron chi connectivity index (χ2n) is 6.74. The van der Waals surface area contributed by atoms with Gasteiger partial charge in [-0.25, -0.2) is 4.68 Å². The van der Waals surface area contributed by atoms with E-state index in [1.54, 1.807) is 0 Å². The zero-order chi connectivity index (χ0) is 17.4. The van der Waals surface area contributed by atoms with Crippen molar-refractivity contribution in [3.05, 3.63) is 65.0 Å². The molecule has 1 aliphatic rings. The number of hydrogen-bond acceptors (Lipinski definition) is 4. The van der Waals surface area contributed by atoms with Gasteiger partial charge >= 0.3 is 0 Å². The quantitative estimate of drug-likeness (QED) is 0.789. The summed E-state index contributed by atoms with van der Waals surface area (Å²) in [6, 6.07) is 17.4. The number of benzene rings is 2. The highest BCUT2D eigenvalue weighted by molar-refractivity contribution is 5.76. The summed E-state index contributed by atoms with van der Waals surface area (Å²) in [5.41, 5.74) is 2.79. The van der Waals surface area contributed by atoms with Gasteiger partial charge in [-0.15, -0.1) is 0 Å². The first-order chi connectivity index (χ1) is 12.1. The molecule has 126 valence electrons. The third-order valence-corrected chi connectivity index (χ3v) is 4.36. The van der Waals surface area contributed by atoms with E-state index in [0.29, 0.717) is 17.4 Å². The monoisotopic (exact) mass is 332 g/mol. The number of para-hydroxylation sites is 1. The maximum absolute atomic E-state index is 12.6. The average Bonchev–Trinajstić information content (AvgIpc) is 2.61. The summed E-state index contributed by atoms with van der Waals surface area (Å²) in [6.45, 7) is 4.35. The summed E-state index contributed by atoms with van der Waals surface area (Å²) in [4.78, 5) is 17.0. The van der Waals surface area contributed by atoms with Crippen LogP contribution in [0.25, 0.3) is 22.6 Å². The number of fused-ring (bicyclic) bond motifs is 3. The van der Waals surface area contributed by atoms with Crippen LogP contribution in [-0.4, -0.2) is 14.8 Å².